The molecule has 0 bridgehead atoms. The second kappa shape index (κ2) is 8.69. The molecule has 4 nitrogen and oxygen atoms in total. The van der Waals surface area contributed by atoms with Crippen molar-refractivity contribution in [3.8, 4) is 0 Å². The lowest BCUT2D eigenvalue weighted by Crippen LogP contribution is -2.53. The standard InChI is InChI=1S/C21H42N2O2/c1-20(2,3)22-11-8-9-18(10-12-22)25-16-17-13-19(24-7)15-23(14-17)21(4,5)6/h17-19H,8-16H2,1-7H3. The first-order valence-corrected chi connectivity index (χ1v) is 10.2. The molecule has 0 saturated carbocycles. The van der Waals surface area contributed by atoms with Crippen LogP contribution in [0.5, 0.6) is 0 Å². The lowest BCUT2D eigenvalue weighted by molar-refractivity contribution is -0.0596. The van der Waals surface area contributed by atoms with Gasteiger partial charge in [-0.2, -0.15) is 0 Å². The number of hydrogen-bond donors (Lipinski definition) is 0. The molecule has 0 aromatic heterocycles. The number of hydrogen-bond acceptors (Lipinski definition) is 4. The van der Waals surface area contributed by atoms with Crippen molar-refractivity contribution in [3.63, 3.8) is 0 Å². The SMILES string of the molecule is COC1CC(COC2CCCN(C(C)(C)C)CC2)CN(C(C)(C)C)C1. The molecule has 0 aromatic rings. The Morgan fingerprint density at radius 2 is 1.52 bits per heavy atom. The van der Waals surface area contributed by atoms with E-state index < -0.39 is 0 Å². The fraction of sp³-hybridized carbons (Fsp3) is 1.00. The van der Waals surface area contributed by atoms with E-state index in [-0.39, 0.29) is 11.1 Å². The minimum atomic E-state index is 0.199. The van der Waals surface area contributed by atoms with Gasteiger partial charge in [0.1, 0.15) is 0 Å². The summed E-state index contributed by atoms with van der Waals surface area (Å²) in [6, 6.07) is 0. The average Bonchev–Trinajstić information content (AvgIpc) is 2.77. The molecule has 148 valence electrons. The molecule has 2 rings (SSSR count). The van der Waals surface area contributed by atoms with Gasteiger partial charge in [-0.3, -0.25) is 9.80 Å². The topological polar surface area (TPSA) is 24.9 Å². The van der Waals surface area contributed by atoms with Gasteiger partial charge >= 0.3 is 0 Å². The molecule has 0 amide bonds. The Kier molecular flexibility index (Phi) is 7.35. The number of methoxy groups -OCH3 is 1. The third kappa shape index (κ3) is 6.50. The van der Waals surface area contributed by atoms with Gasteiger partial charge in [-0.1, -0.05) is 0 Å². The minimum Gasteiger partial charge on any atom is -0.380 e. The largest absolute Gasteiger partial charge is 0.380 e. The van der Waals surface area contributed by atoms with Gasteiger partial charge in [0.15, 0.2) is 0 Å². The lowest BCUT2D eigenvalue weighted by atomic mass is 9.92. The van der Waals surface area contributed by atoms with Gasteiger partial charge in [0.25, 0.3) is 0 Å². The third-order valence-corrected chi connectivity index (χ3v) is 5.97. The highest BCUT2D eigenvalue weighted by molar-refractivity contribution is 4.87. The zero-order chi connectivity index (χ0) is 18.7. The second-order valence-corrected chi connectivity index (χ2v) is 10.1. The number of ether oxygens (including phenoxy) is 2. The first-order chi connectivity index (χ1) is 11.6. The van der Waals surface area contributed by atoms with Gasteiger partial charge in [0.2, 0.25) is 0 Å². The highest BCUT2D eigenvalue weighted by Gasteiger charge is 2.33. The Morgan fingerprint density at radius 3 is 2.12 bits per heavy atom. The summed E-state index contributed by atoms with van der Waals surface area (Å²) in [7, 11) is 1.85. The fourth-order valence-corrected chi connectivity index (χ4v) is 4.17. The number of likely N-dealkylation sites (tertiary alicyclic amines) is 2. The van der Waals surface area contributed by atoms with E-state index in [9.17, 15) is 0 Å². The van der Waals surface area contributed by atoms with E-state index in [1.165, 1.54) is 25.8 Å². The molecule has 0 radical (unpaired) electrons. The fourth-order valence-electron chi connectivity index (χ4n) is 4.17. The molecule has 0 aliphatic carbocycles. The molecule has 2 heterocycles. The molecule has 2 aliphatic heterocycles. The molecular weight excluding hydrogens is 312 g/mol. The molecule has 4 heteroatoms. The quantitative estimate of drug-likeness (QED) is 0.767. The van der Waals surface area contributed by atoms with Gasteiger partial charge in [-0.25, -0.2) is 0 Å². The Labute approximate surface area is 156 Å². The molecule has 0 N–H and O–H groups in total. The molecule has 0 aromatic carbocycles. The summed E-state index contributed by atoms with van der Waals surface area (Å²) >= 11 is 0. The van der Waals surface area contributed by atoms with Crippen LogP contribution in [0.15, 0.2) is 0 Å². The summed E-state index contributed by atoms with van der Waals surface area (Å²) in [5.41, 5.74) is 0.474. The van der Waals surface area contributed by atoms with Crippen LogP contribution in [0.4, 0.5) is 0 Å². The molecule has 25 heavy (non-hydrogen) atoms. The van der Waals surface area contributed by atoms with Crippen LogP contribution in [0.2, 0.25) is 0 Å². The highest BCUT2D eigenvalue weighted by Crippen LogP contribution is 2.27. The van der Waals surface area contributed by atoms with E-state index in [0.29, 0.717) is 18.1 Å². The van der Waals surface area contributed by atoms with Crippen molar-refractivity contribution in [1.82, 2.24) is 9.80 Å². The van der Waals surface area contributed by atoms with Crippen LogP contribution in [0.3, 0.4) is 0 Å². The maximum Gasteiger partial charge on any atom is 0.0702 e. The minimum absolute atomic E-state index is 0.199. The summed E-state index contributed by atoms with van der Waals surface area (Å²) < 4.78 is 12.1. The van der Waals surface area contributed by atoms with Crippen LogP contribution < -0.4 is 0 Å². The van der Waals surface area contributed by atoms with Crippen molar-refractivity contribution in [2.45, 2.75) is 90.5 Å². The monoisotopic (exact) mass is 354 g/mol. The predicted molar refractivity (Wildman–Crippen MR) is 105 cm³/mol. The summed E-state index contributed by atoms with van der Waals surface area (Å²) in [5.74, 6) is 0.583. The second-order valence-electron chi connectivity index (χ2n) is 10.1. The summed E-state index contributed by atoms with van der Waals surface area (Å²) in [5, 5.41) is 0. The van der Waals surface area contributed by atoms with Crippen LogP contribution in [0, 0.1) is 5.92 Å². The van der Waals surface area contributed by atoms with Crippen LogP contribution in [-0.4, -0.2) is 73.0 Å². The van der Waals surface area contributed by atoms with Gasteiger partial charge in [0.05, 0.1) is 18.8 Å². The molecule has 0 spiro atoms. The van der Waals surface area contributed by atoms with E-state index >= 15 is 0 Å². The van der Waals surface area contributed by atoms with Crippen molar-refractivity contribution >= 4 is 0 Å². The molecule has 2 aliphatic rings. The first-order valence-electron chi connectivity index (χ1n) is 10.2. The van der Waals surface area contributed by atoms with E-state index in [1.807, 2.05) is 7.11 Å². The van der Waals surface area contributed by atoms with Gasteiger partial charge in [-0.05, 0) is 79.7 Å². The Bertz CT molecular complexity index is 400. The summed E-state index contributed by atoms with van der Waals surface area (Å²) in [6.07, 6.45) is 5.52. The molecular formula is C21H42N2O2. The van der Waals surface area contributed by atoms with Crippen LogP contribution in [0.25, 0.3) is 0 Å². The number of nitrogens with zero attached hydrogens (tertiary/aromatic N) is 2. The third-order valence-electron chi connectivity index (χ3n) is 5.97. The smallest absolute Gasteiger partial charge is 0.0702 e. The molecule has 2 saturated heterocycles. The molecule has 3 atom stereocenters. The van der Waals surface area contributed by atoms with Gasteiger partial charge in [-0.15, -0.1) is 0 Å². The first kappa shape index (κ1) is 21.1. The van der Waals surface area contributed by atoms with Gasteiger partial charge in [0, 0.05) is 37.8 Å². The zero-order valence-electron chi connectivity index (χ0n) is 17.8. The summed E-state index contributed by atoms with van der Waals surface area (Å²) in [6.45, 7) is 19.3. The van der Waals surface area contributed by atoms with Crippen molar-refractivity contribution in [2.24, 2.45) is 5.92 Å². The maximum atomic E-state index is 6.41. The zero-order valence-corrected chi connectivity index (χ0v) is 17.8. The van der Waals surface area contributed by atoms with E-state index in [4.69, 9.17) is 9.47 Å². The predicted octanol–water partition coefficient (Wildman–Crippen LogP) is 3.79. The number of piperidine rings is 1. The normalized spacial score (nSPS) is 31.1. The summed E-state index contributed by atoms with van der Waals surface area (Å²) in [4.78, 5) is 5.17. The lowest BCUT2D eigenvalue weighted by Gasteiger charge is -2.44. The van der Waals surface area contributed by atoms with Crippen LogP contribution >= 0.6 is 0 Å². The Balaban J connectivity index is 1.83. The molecule has 3 unspecified atom stereocenters. The van der Waals surface area contributed by atoms with Crippen molar-refractivity contribution in [3.05, 3.63) is 0 Å². The highest BCUT2D eigenvalue weighted by atomic mass is 16.5. The van der Waals surface area contributed by atoms with Gasteiger partial charge < -0.3 is 9.47 Å². The Morgan fingerprint density at radius 1 is 0.840 bits per heavy atom. The maximum absolute atomic E-state index is 6.41. The number of rotatable bonds is 4. The molecule has 2 fully saturated rings. The average molecular weight is 355 g/mol. The van der Waals surface area contributed by atoms with Crippen LogP contribution in [0.1, 0.15) is 67.2 Å². The van der Waals surface area contributed by atoms with E-state index in [0.717, 1.165) is 32.7 Å². The Hall–Kier alpha value is -0.160. The van der Waals surface area contributed by atoms with Crippen LogP contribution in [-0.2, 0) is 9.47 Å². The van der Waals surface area contributed by atoms with E-state index in [1.54, 1.807) is 0 Å². The van der Waals surface area contributed by atoms with E-state index in [2.05, 4.69) is 51.3 Å². The van der Waals surface area contributed by atoms with Crippen molar-refractivity contribution < 1.29 is 9.47 Å². The van der Waals surface area contributed by atoms with Crippen molar-refractivity contribution in [1.29, 1.82) is 0 Å². The van der Waals surface area contributed by atoms with Crippen molar-refractivity contribution in [2.75, 3.05) is 39.9 Å².